The molecule has 0 fully saturated rings. The quantitative estimate of drug-likeness (QED) is 0.823. The zero-order chi connectivity index (χ0) is 10.1. The molecule has 1 N–H and O–H groups in total. The van der Waals surface area contributed by atoms with Crippen LogP contribution in [0.5, 0.6) is 5.88 Å². The average molecular weight is 209 g/mol. The van der Waals surface area contributed by atoms with Gasteiger partial charge in [0.2, 0.25) is 5.88 Å². The monoisotopic (exact) mass is 209 g/mol. The molecule has 3 nitrogen and oxygen atoms in total. The van der Waals surface area contributed by atoms with Crippen LogP contribution in [-0.4, -0.2) is 17.2 Å². The van der Waals surface area contributed by atoms with Crippen molar-refractivity contribution in [1.29, 1.82) is 0 Å². The molecule has 0 aliphatic heterocycles. The Kier molecular flexibility index (Phi) is 2.39. The van der Waals surface area contributed by atoms with Crippen molar-refractivity contribution in [2.24, 2.45) is 0 Å². The lowest BCUT2D eigenvalue weighted by Gasteiger charge is -2.07. The molecule has 2 heterocycles. The number of ether oxygens (including phenoxy) is 1. The fourth-order valence-electron chi connectivity index (χ4n) is 1.51. The zero-order valence-corrected chi connectivity index (χ0v) is 8.89. The van der Waals surface area contributed by atoms with Crippen molar-refractivity contribution in [2.45, 2.75) is 13.5 Å². The summed E-state index contributed by atoms with van der Waals surface area (Å²) in [5, 5.41) is 12.3. The van der Waals surface area contributed by atoms with Gasteiger partial charge in [0, 0.05) is 10.1 Å². The molecule has 0 spiro atoms. The third kappa shape index (κ3) is 1.27. The smallest absolute Gasteiger partial charge is 0.220 e. The van der Waals surface area contributed by atoms with Crippen LogP contribution in [0.25, 0.3) is 10.1 Å². The molecular formula is C10H11NO2S. The summed E-state index contributed by atoms with van der Waals surface area (Å²) in [6, 6.07) is 2.01. The van der Waals surface area contributed by atoms with Gasteiger partial charge in [0.1, 0.15) is 0 Å². The number of nitrogens with zero attached hydrogens (tertiary/aromatic N) is 1. The maximum absolute atomic E-state index is 9.24. The van der Waals surface area contributed by atoms with Crippen LogP contribution >= 0.6 is 11.3 Å². The second kappa shape index (κ2) is 3.55. The van der Waals surface area contributed by atoms with Crippen LogP contribution in [-0.2, 0) is 6.61 Å². The normalized spacial score (nSPS) is 10.8. The van der Waals surface area contributed by atoms with Gasteiger partial charge in [0.05, 0.1) is 25.0 Å². The number of pyridine rings is 1. The van der Waals surface area contributed by atoms with E-state index < -0.39 is 0 Å². The number of hydrogen-bond acceptors (Lipinski definition) is 4. The molecule has 0 aliphatic rings. The Morgan fingerprint density at radius 2 is 2.36 bits per heavy atom. The van der Waals surface area contributed by atoms with Crippen molar-refractivity contribution in [1.82, 2.24) is 4.98 Å². The maximum Gasteiger partial charge on any atom is 0.220 e. The number of thiophene rings is 1. The first kappa shape index (κ1) is 9.43. The summed E-state index contributed by atoms with van der Waals surface area (Å²) in [4.78, 5) is 4.29. The van der Waals surface area contributed by atoms with Gasteiger partial charge in [-0.05, 0) is 18.4 Å². The highest BCUT2D eigenvalue weighted by molar-refractivity contribution is 7.17. The second-order valence-corrected chi connectivity index (χ2v) is 3.92. The molecule has 2 aromatic rings. The summed E-state index contributed by atoms with van der Waals surface area (Å²) in [5.74, 6) is 0.528. The predicted molar refractivity (Wildman–Crippen MR) is 56.8 cm³/mol. The molecule has 14 heavy (non-hydrogen) atoms. The van der Waals surface area contributed by atoms with Crippen LogP contribution in [0.2, 0.25) is 0 Å². The third-order valence-corrected chi connectivity index (χ3v) is 3.18. The largest absolute Gasteiger partial charge is 0.481 e. The van der Waals surface area contributed by atoms with E-state index in [1.165, 1.54) is 0 Å². The Labute approximate surface area is 86.0 Å². The molecule has 74 valence electrons. The standard InChI is InChI=1S/C10H11NO2S/c1-6-7-3-4-14-9(7)8(5-12)10(11-6)13-2/h3-4,12H,5H2,1-2H3. The number of fused-ring (bicyclic) bond motifs is 1. The maximum atomic E-state index is 9.24. The van der Waals surface area contributed by atoms with E-state index in [4.69, 9.17) is 4.74 Å². The van der Waals surface area contributed by atoms with Gasteiger partial charge in [0.15, 0.2) is 0 Å². The van der Waals surface area contributed by atoms with Crippen LogP contribution < -0.4 is 4.74 Å². The minimum Gasteiger partial charge on any atom is -0.481 e. The zero-order valence-electron chi connectivity index (χ0n) is 8.07. The highest BCUT2D eigenvalue weighted by Gasteiger charge is 2.12. The van der Waals surface area contributed by atoms with Gasteiger partial charge >= 0.3 is 0 Å². The minimum atomic E-state index is -0.0343. The Hall–Kier alpha value is -1.13. The Bertz CT molecular complexity index is 464. The number of aliphatic hydroxyl groups is 1. The molecule has 2 rings (SSSR count). The van der Waals surface area contributed by atoms with Gasteiger partial charge in [0.25, 0.3) is 0 Å². The first-order valence-corrected chi connectivity index (χ1v) is 5.17. The lowest BCUT2D eigenvalue weighted by molar-refractivity contribution is 0.273. The van der Waals surface area contributed by atoms with E-state index in [9.17, 15) is 5.11 Å². The average Bonchev–Trinajstić information content (AvgIpc) is 2.66. The lowest BCUT2D eigenvalue weighted by atomic mass is 10.2. The van der Waals surface area contributed by atoms with Crippen molar-refractivity contribution in [3.8, 4) is 5.88 Å². The van der Waals surface area contributed by atoms with Crippen LogP contribution in [0.1, 0.15) is 11.3 Å². The fourth-order valence-corrected chi connectivity index (χ4v) is 2.49. The molecule has 4 heteroatoms. The summed E-state index contributed by atoms with van der Waals surface area (Å²) in [6.45, 7) is 1.91. The van der Waals surface area contributed by atoms with E-state index in [1.807, 2.05) is 18.4 Å². The van der Waals surface area contributed by atoms with Crippen molar-refractivity contribution >= 4 is 21.4 Å². The molecule has 0 bridgehead atoms. The van der Waals surface area contributed by atoms with Gasteiger partial charge < -0.3 is 9.84 Å². The topological polar surface area (TPSA) is 42.4 Å². The summed E-state index contributed by atoms with van der Waals surface area (Å²) < 4.78 is 6.20. The molecule has 0 amide bonds. The van der Waals surface area contributed by atoms with Gasteiger partial charge in [-0.15, -0.1) is 11.3 Å². The fraction of sp³-hybridized carbons (Fsp3) is 0.300. The van der Waals surface area contributed by atoms with E-state index in [1.54, 1.807) is 18.4 Å². The first-order valence-electron chi connectivity index (χ1n) is 4.29. The van der Waals surface area contributed by atoms with Gasteiger partial charge in [-0.2, -0.15) is 0 Å². The number of hydrogen-bond donors (Lipinski definition) is 1. The Balaban J connectivity index is 2.82. The molecule has 2 aromatic heterocycles. The van der Waals surface area contributed by atoms with E-state index in [-0.39, 0.29) is 6.61 Å². The summed E-state index contributed by atoms with van der Waals surface area (Å²) in [7, 11) is 1.57. The lowest BCUT2D eigenvalue weighted by Crippen LogP contribution is -1.97. The minimum absolute atomic E-state index is 0.0343. The molecule has 0 radical (unpaired) electrons. The SMILES string of the molecule is COc1nc(C)c2ccsc2c1CO. The van der Waals surface area contributed by atoms with E-state index in [2.05, 4.69) is 4.98 Å². The van der Waals surface area contributed by atoms with E-state index in [0.29, 0.717) is 5.88 Å². The number of rotatable bonds is 2. The highest BCUT2D eigenvalue weighted by Crippen LogP contribution is 2.31. The molecular weight excluding hydrogens is 198 g/mol. The molecule has 0 saturated heterocycles. The molecule has 0 atom stereocenters. The third-order valence-electron chi connectivity index (χ3n) is 2.21. The van der Waals surface area contributed by atoms with Crippen molar-refractivity contribution < 1.29 is 9.84 Å². The van der Waals surface area contributed by atoms with Crippen LogP contribution in [0.15, 0.2) is 11.4 Å². The second-order valence-electron chi connectivity index (χ2n) is 3.01. The molecule has 0 aliphatic carbocycles. The number of aryl methyl sites for hydroxylation is 1. The van der Waals surface area contributed by atoms with Gasteiger partial charge in [-0.25, -0.2) is 4.98 Å². The van der Waals surface area contributed by atoms with Crippen LogP contribution in [0.3, 0.4) is 0 Å². The van der Waals surface area contributed by atoms with Gasteiger partial charge in [-0.3, -0.25) is 0 Å². The number of aromatic nitrogens is 1. The van der Waals surface area contributed by atoms with Crippen molar-refractivity contribution in [3.63, 3.8) is 0 Å². The van der Waals surface area contributed by atoms with Crippen molar-refractivity contribution in [3.05, 3.63) is 22.7 Å². The molecule has 0 saturated carbocycles. The first-order chi connectivity index (χ1) is 6.77. The molecule has 0 unspecified atom stereocenters. The molecule has 0 aromatic carbocycles. The number of aliphatic hydroxyl groups excluding tert-OH is 1. The van der Waals surface area contributed by atoms with Gasteiger partial charge in [-0.1, -0.05) is 0 Å². The van der Waals surface area contributed by atoms with E-state index in [0.717, 1.165) is 21.3 Å². The predicted octanol–water partition coefficient (Wildman–Crippen LogP) is 2.11. The number of methoxy groups -OCH3 is 1. The Morgan fingerprint density at radius 1 is 1.57 bits per heavy atom. The Morgan fingerprint density at radius 3 is 3.00 bits per heavy atom. The summed E-state index contributed by atoms with van der Waals surface area (Å²) >= 11 is 1.60. The van der Waals surface area contributed by atoms with E-state index >= 15 is 0 Å². The van der Waals surface area contributed by atoms with Crippen molar-refractivity contribution in [2.75, 3.05) is 7.11 Å². The summed E-state index contributed by atoms with van der Waals surface area (Å²) in [6.07, 6.45) is 0. The highest BCUT2D eigenvalue weighted by atomic mass is 32.1. The summed E-state index contributed by atoms with van der Waals surface area (Å²) in [5.41, 5.74) is 1.72. The van der Waals surface area contributed by atoms with Crippen LogP contribution in [0, 0.1) is 6.92 Å². The van der Waals surface area contributed by atoms with Crippen LogP contribution in [0.4, 0.5) is 0 Å².